The highest BCUT2D eigenvalue weighted by molar-refractivity contribution is 7.89. The molecule has 12 heteroatoms. The van der Waals surface area contributed by atoms with Crippen LogP contribution in [-0.2, 0) is 16.2 Å². The first-order chi connectivity index (χ1) is 17.3. The van der Waals surface area contributed by atoms with Crippen LogP contribution in [0.15, 0.2) is 76.4 Å². The van der Waals surface area contributed by atoms with E-state index in [0.29, 0.717) is 28.6 Å². The normalized spacial score (nSPS) is 13.2. The third kappa shape index (κ3) is 5.07. The van der Waals surface area contributed by atoms with Crippen LogP contribution >= 0.6 is 11.6 Å². The van der Waals surface area contributed by atoms with E-state index in [4.69, 9.17) is 16.3 Å². The number of benzene rings is 3. The second-order valence-corrected chi connectivity index (χ2v) is 10.6. The van der Waals surface area contributed by atoms with Gasteiger partial charge in [-0.2, -0.15) is 17.5 Å². The summed E-state index contributed by atoms with van der Waals surface area (Å²) in [6.45, 7) is 1.53. The zero-order valence-corrected chi connectivity index (χ0v) is 21.4. The summed E-state index contributed by atoms with van der Waals surface area (Å²) in [6, 6.07) is 13.3. The summed E-state index contributed by atoms with van der Waals surface area (Å²) in [7, 11) is -1.50. The van der Waals surface area contributed by atoms with Crippen LogP contribution < -0.4 is 10.3 Å². The number of fused-ring (bicyclic) bond motifs is 1. The minimum Gasteiger partial charge on any atom is -0.497 e. The molecule has 37 heavy (non-hydrogen) atoms. The molecule has 0 fully saturated rings. The van der Waals surface area contributed by atoms with Gasteiger partial charge in [0.05, 0.1) is 40.2 Å². The molecule has 1 aromatic heterocycles. The molecule has 3 aromatic carbocycles. The average molecular weight is 552 g/mol. The van der Waals surface area contributed by atoms with Crippen molar-refractivity contribution < 1.29 is 26.3 Å². The van der Waals surface area contributed by atoms with Gasteiger partial charge in [0.25, 0.3) is 5.56 Å². The molecule has 1 unspecified atom stereocenters. The van der Waals surface area contributed by atoms with E-state index in [0.717, 1.165) is 16.4 Å². The van der Waals surface area contributed by atoms with Crippen molar-refractivity contribution in [2.24, 2.45) is 0 Å². The molecule has 0 saturated carbocycles. The number of sulfonamides is 1. The topological polar surface area (TPSA) is 81.5 Å². The number of halogens is 4. The first-order valence-electron chi connectivity index (χ1n) is 10.9. The lowest BCUT2D eigenvalue weighted by atomic mass is 10.2. The van der Waals surface area contributed by atoms with Gasteiger partial charge in [0, 0.05) is 12.1 Å². The minimum absolute atomic E-state index is 0.0860. The number of aromatic nitrogens is 2. The van der Waals surface area contributed by atoms with E-state index in [-0.39, 0.29) is 21.6 Å². The zero-order valence-electron chi connectivity index (χ0n) is 19.8. The van der Waals surface area contributed by atoms with E-state index < -0.39 is 33.4 Å². The number of alkyl halides is 3. The van der Waals surface area contributed by atoms with Gasteiger partial charge < -0.3 is 4.74 Å². The molecule has 0 spiro atoms. The Balaban J connectivity index is 1.86. The summed E-state index contributed by atoms with van der Waals surface area (Å²) >= 11 is 6.10. The molecule has 4 rings (SSSR count). The molecule has 0 bridgehead atoms. The van der Waals surface area contributed by atoms with Gasteiger partial charge in [0.1, 0.15) is 11.6 Å². The molecule has 0 aliphatic rings. The fraction of sp³-hybridized carbons (Fsp3) is 0.200. The smallest absolute Gasteiger partial charge is 0.416 e. The summed E-state index contributed by atoms with van der Waals surface area (Å²) in [6.07, 6.45) is -4.60. The average Bonchev–Trinajstić information content (AvgIpc) is 2.87. The van der Waals surface area contributed by atoms with E-state index in [2.05, 4.69) is 4.98 Å². The number of nitrogens with zero attached hydrogens (tertiary/aromatic N) is 3. The molecule has 0 radical (unpaired) electrons. The highest BCUT2D eigenvalue weighted by atomic mass is 35.5. The summed E-state index contributed by atoms with van der Waals surface area (Å²) in [5.74, 6) is 0.636. The number of methoxy groups -OCH3 is 1. The van der Waals surface area contributed by atoms with Gasteiger partial charge in [0.2, 0.25) is 10.0 Å². The molecule has 4 aromatic rings. The maximum absolute atomic E-state index is 13.6. The Morgan fingerprint density at radius 2 is 1.65 bits per heavy atom. The predicted molar refractivity (Wildman–Crippen MR) is 134 cm³/mol. The van der Waals surface area contributed by atoms with Crippen molar-refractivity contribution in [1.29, 1.82) is 0 Å². The molecular formula is C25H21ClF3N3O4S. The molecule has 0 N–H and O–H groups in total. The quantitative estimate of drug-likeness (QED) is 0.318. The van der Waals surface area contributed by atoms with Crippen LogP contribution in [0, 0.1) is 0 Å². The second-order valence-electron chi connectivity index (χ2n) is 8.19. The van der Waals surface area contributed by atoms with Gasteiger partial charge in [0.15, 0.2) is 0 Å². The SMILES string of the molecule is COc1ccc(-n2c(C(C)N(C)S(=O)(=O)c3ccc(C(F)(F)F)cc3)nc3cc(Cl)ccc3c2=O)cc1. The predicted octanol–water partition coefficient (Wildman–Crippen LogP) is 5.45. The van der Waals surface area contributed by atoms with Crippen LogP contribution in [0.2, 0.25) is 5.02 Å². The van der Waals surface area contributed by atoms with Crippen molar-refractivity contribution in [2.45, 2.75) is 24.0 Å². The third-order valence-electron chi connectivity index (χ3n) is 5.97. The molecule has 0 amide bonds. The van der Waals surface area contributed by atoms with Crippen molar-refractivity contribution in [3.8, 4) is 11.4 Å². The molecular weight excluding hydrogens is 531 g/mol. The highest BCUT2D eigenvalue weighted by Gasteiger charge is 2.33. The number of hydrogen-bond acceptors (Lipinski definition) is 5. The number of rotatable bonds is 6. The fourth-order valence-electron chi connectivity index (χ4n) is 3.79. The van der Waals surface area contributed by atoms with Crippen LogP contribution in [0.4, 0.5) is 13.2 Å². The Bertz CT molecular complexity index is 1620. The Labute approximate surface area is 215 Å². The molecule has 1 atom stereocenters. The van der Waals surface area contributed by atoms with Gasteiger partial charge in [-0.05, 0) is 73.7 Å². The monoisotopic (exact) mass is 551 g/mol. The van der Waals surface area contributed by atoms with Gasteiger partial charge >= 0.3 is 6.18 Å². The lowest BCUT2D eigenvalue weighted by molar-refractivity contribution is -0.137. The summed E-state index contributed by atoms with van der Waals surface area (Å²) in [5.41, 5.74) is -0.737. The van der Waals surface area contributed by atoms with E-state index in [9.17, 15) is 26.4 Å². The van der Waals surface area contributed by atoms with Crippen molar-refractivity contribution in [2.75, 3.05) is 14.2 Å². The fourth-order valence-corrected chi connectivity index (χ4v) is 5.28. The van der Waals surface area contributed by atoms with Crippen LogP contribution in [0.1, 0.15) is 24.4 Å². The Kier molecular flexibility index (Phi) is 7.06. The highest BCUT2D eigenvalue weighted by Crippen LogP contribution is 2.32. The second kappa shape index (κ2) is 9.81. The molecule has 7 nitrogen and oxygen atoms in total. The van der Waals surface area contributed by atoms with Crippen molar-refractivity contribution >= 4 is 32.5 Å². The lowest BCUT2D eigenvalue weighted by Gasteiger charge is -2.26. The van der Waals surface area contributed by atoms with E-state index >= 15 is 0 Å². The van der Waals surface area contributed by atoms with Gasteiger partial charge in [-0.25, -0.2) is 13.4 Å². The van der Waals surface area contributed by atoms with Crippen molar-refractivity contribution in [3.63, 3.8) is 0 Å². The lowest BCUT2D eigenvalue weighted by Crippen LogP contribution is -2.35. The summed E-state index contributed by atoms with van der Waals surface area (Å²) in [5, 5.41) is 0.607. The number of ether oxygens (including phenoxy) is 1. The minimum atomic E-state index is -4.60. The van der Waals surface area contributed by atoms with E-state index in [1.165, 1.54) is 37.8 Å². The number of hydrogen-bond donors (Lipinski definition) is 0. The largest absolute Gasteiger partial charge is 0.497 e. The van der Waals surface area contributed by atoms with Crippen LogP contribution in [0.3, 0.4) is 0 Å². The Hall–Kier alpha value is -3.41. The maximum Gasteiger partial charge on any atom is 0.416 e. The van der Waals surface area contributed by atoms with Crippen LogP contribution in [0.25, 0.3) is 16.6 Å². The zero-order chi connectivity index (χ0) is 27.1. The van der Waals surface area contributed by atoms with Gasteiger partial charge in [-0.1, -0.05) is 11.6 Å². The molecule has 0 aliphatic carbocycles. The third-order valence-corrected chi connectivity index (χ3v) is 8.14. The molecule has 0 saturated heterocycles. The first kappa shape index (κ1) is 26.6. The van der Waals surface area contributed by atoms with Gasteiger partial charge in [-0.15, -0.1) is 0 Å². The molecule has 194 valence electrons. The Morgan fingerprint density at radius 3 is 2.22 bits per heavy atom. The van der Waals surface area contributed by atoms with E-state index in [1.807, 2.05) is 0 Å². The first-order valence-corrected chi connectivity index (χ1v) is 12.7. The van der Waals surface area contributed by atoms with Crippen LogP contribution in [0.5, 0.6) is 5.75 Å². The van der Waals surface area contributed by atoms with Crippen LogP contribution in [-0.4, -0.2) is 36.4 Å². The van der Waals surface area contributed by atoms with E-state index in [1.54, 1.807) is 30.3 Å². The van der Waals surface area contributed by atoms with Crippen molar-refractivity contribution in [3.05, 3.63) is 93.5 Å². The standard InChI is InChI=1S/C25H21ClF3N3O4S/c1-15(31(2)37(34,35)20-11-4-16(5-12-20)25(27,28)29)23-30-22-14-17(26)6-13-21(22)24(33)32(23)18-7-9-19(36-3)10-8-18/h4-15H,1-3H3. The molecule has 0 aliphatic heterocycles. The maximum atomic E-state index is 13.6. The molecule has 1 heterocycles. The van der Waals surface area contributed by atoms with Gasteiger partial charge in [-0.3, -0.25) is 9.36 Å². The summed E-state index contributed by atoms with van der Waals surface area (Å²) in [4.78, 5) is 17.8. The summed E-state index contributed by atoms with van der Waals surface area (Å²) < 4.78 is 73.0. The Morgan fingerprint density at radius 1 is 1.03 bits per heavy atom. The van der Waals surface area contributed by atoms with Crippen molar-refractivity contribution in [1.82, 2.24) is 13.9 Å².